The summed E-state index contributed by atoms with van der Waals surface area (Å²) in [6.45, 7) is 0. The largest absolute Gasteiger partial charge is 0.294 e. The van der Waals surface area contributed by atoms with E-state index in [-0.39, 0.29) is 5.91 Å². The lowest BCUT2D eigenvalue weighted by molar-refractivity contribution is 0.0992. The summed E-state index contributed by atoms with van der Waals surface area (Å²) in [5.74, 6) is 0.290. The Morgan fingerprint density at radius 1 is 1.00 bits per heavy atom. The van der Waals surface area contributed by atoms with Crippen molar-refractivity contribution in [2.75, 3.05) is 11.9 Å². The van der Waals surface area contributed by atoms with Gasteiger partial charge in [0, 0.05) is 24.4 Å². The Kier molecular flexibility index (Phi) is 3.66. The lowest BCUT2D eigenvalue weighted by Gasteiger charge is -2.16. The smallest absolute Gasteiger partial charge is 0.259 e. The third kappa shape index (κ3) is 2.83. The Morgan fingerprint density at radius 3 is 2.60 bits per heavy atom. The Balaban J connectivity index is 1.59. The number of benzene rings is 1. The molecule has 0 spiro atoms. The summed E-state index contributed by atoms with van der Waals surface area (Å²) < 4.78 is 1.74. The number of fused-ring (bicyclic) bond motifs is 1. The fourth-order valence-corrected chi connectivity index (χ4v) is 2.52. The van der Waals surface area contributed by atoms with Gasteiger partial charge < -0.3 is 0 Å². The molecule has 0 atom stereocenters. The van der Waals surface area contributed by atoms with Crippen molar-refractivity contribution in [3.05, 3.63) is 72.7 Å². The first-order valence-electron chi connectivity index (χ1n) is 7.69. The summed E-state index contributed by atoms with van der Waals surface area (Å²) in [7, 11) is 1.67. The van der Waals surface area contributed by atoms with Gasteiger partial charge in [-0.3, -0.25) is 14.1 Å². The molecule has 0 saturated heterocycles. The molecular weight excluding hydrogens is 316 g/mol. The van der Waals surface area contributed by atoms with Crippen molar-refractivity contribution < 1.29 is 4.79 Å². The predicted molar refractivity (Wildman–Crippen MR) is 93.2 cm³/mol. The zero-order valence-electron chi connectivity index (χ0n) is 13.4. The maximum atomic E-state index is 12.7. The highest BCUT2D eigenvalue weighted by Crippen LogP contribution is 2.18. The number of rotatable bonds is 3. The molecule has 0 aliphatic heterocycles. The summed E-state index contributed by atoms with van der Waals surface area (Å²) in [4.78, 5) is 14.1. The van der Waals surface area contributed by atoms with Crippen molar-refractivity contribution in [1.29, 1.82) is 0 Å². The van der Waals surface area contributed by atoms with Gasteiger partial charge in [0.1, 0.15) is 6.33 Å². The van der Waals surface area contributed by atoms with Crippen molar-refractivity contribution in [3.63, 3.8) is 0 Å². The number of carbonyl (C=O) groups excluding carboxylic acids is 1. The van der Waals surface area contributed by atoms with Crippen LogP contribution in [0.15, 0.2) is 67.1 Å². The Labute approximate surface area is 143 Å². The van der Waals surface area contributed by atoms with Crippen molar-refractivity contribution in [3.8, 4) is 11.3 Å². The van der Waals surface area contributed by atoms with Gasteiger partial charge in [-0.25, -0.2) is 0 Å². The molecule has 0 N–H and O–H groups in total. The van der Waals surface area contributed by atoms with Crippen molar-refractivity contribution >= 4 is 17.4 Å². The van der Waals surface area contributed by atoms with Gasteiger partial charge in [-0.1, -0.05) is 30.3 Å². The predicted octanol–water partition coefficient (Wildman–Crippen LogP) is 2.46. The van der Waals surface area contributed by atoms with Crippen LogP contribution in [0.25, 0.3) is 16.9 Å². The molecule has 0 bridgehead atoms. The number of aromatic nitrogens is 5. The quantitative estimate of drug-likeness (QED) is 0.577. The summed E-state index contributed by atoms with van der Waals surface area (Å²) in [6.07, 6.45) is 3.33. The molecule has 7 nitrogen and oxygen atoms in total. The molecule has 25 heavy (non-hydrogen) atoms. The third-order valence-corrected chi connectivity index (χ3v) is 3.92. The van der Waals surface area contributed by atoms with Crippen LogP contribution in [0.1, 0.15) is 10.4 Å². The van der Waals surface area contributed by atoms with Crippen LogP contribution < -0.4 is 4.90 Å². The molecule has 0 fully saturated rings. The molecular formula is C18H14N6O. The number of nitrogens with zero attached hydrogens (tertiary/aromatic N) is 6. The van der Waals surface area contributed by atoms with Crippen LogP contribution in [0.4, 0.5) is 5.82 Å². The molecule has 1 aromatic carbocycles. The van der Waals surface area contributed by atoms with E-state index in [0.717, 1.165) is 11.3 Å². The van der Waals surface area contributed by atoms with Gasteiger partial charge in [0.15, 0.2) is 11.5 Å². The summed E-state index contributed by atoms with van der Waals surface area (Å²) in [6, 6.07) is 16.8. The van der Waals surface area contributed by atoms with E-state index in [1.807, 2.05) is 36.4 Å². The van der Waals surface area contributed by atoms with Gasteiger partial charge in [-0.05, 0) is 24.3 Å². The molecule has 3 aromatic heterocycles. The molecule has 122 valence electrons. The zero-order chi connectivity index (χ0) is 17.2. The van der Waals surface area contributed by atoms with Gasteiger partial charge in [0.2, 0.25) is 0 Å². The highest BCUT2D eigenvalue weighted by molar-refractivity contribution is 6.05. The highest BCUT2D eigenvalue weighted by atomic mass is 16.2. The second kappa shape index (κ2) is 6.12. The molecule has 7 heteroatoms. The average molecular weight is 330 g/mol. The fraction of sp³-hybridized carbons (Fsp3) is 0.0556. The van der Waals surface area contributed by atoms with Crippen LogP contribution in [0, 0.1) is 0 Å². The van der Waals surface area contributed by atoms with Crippen molar-refractivity contribution in [2.45, 2.75) is 0 Å². The lowest BCUT2D eigenvalue weighted by Crippen LogP contribution is -2.27. The van der Waals surface area contributed by atoms with Crippen molar-refractivity contribution in [2.24, 2.45) is 0 Å². The molecule has 0 aliphatic carbocycles. The van der Waals surface area contributed by atoms with Gasteiger partial charge in [0.25, 0.3) is 5.91 Å². The monoisotopic (exact) mass is 330 g/mol. The molecule has 3 heterocycles. The van der Waals surface area contributed by atoms with E-state index in [2.05, 4.69) is 20.4 Å². The lowest BCUT2D eigenvalue weighted by atomic mass is 10.1. The Bertz CT molecular complexity index is 1030. The average Bonchev–Trinajstić information content (AvgIpc) is 3.15. The molecule has 0 unspecified atom stereocenters. The second-order valence-corrected chi connectivity index (χ2v) is 5.52. The van der Waals surface area contributed by atoms with Crippen LogP contribution in [-0.2, 0) is 0 Å². The van der Waals surface area contributed by atoms with Gasteiger partial charge in [0.05, 0.1) is 5.69 Å². The molecule has 0 saturated carbocycles. The van der Waals surface area contributed by atoms with E-state index >= 15 is 0 Å². The van der Waals surface area contributed by atoms with Crippen LogP contribution in [-0.4, -0.2) is 37.8 Å². The van der Waals surface area contributed by atoms with Crippen LogP contribution >= 0.6 is 0 Å². The summed E-state index contributed by atoms with van der Waals surface area (Å²) >= 11 is 0. The molecule has 1 amide bonds. The number of anilines is 1. The number of pyridine rings is 1. The minimum atomic E-state index is -0.188. The van der Waals surface area contributed by atoms with Gasteiger partial charge in [-0.2, -0.15) is 0 Å². The van der Waals surface area contributed by atoms with E-state index in [1.165, 1.54) is 4.90 Å². The van der Waals surface area contributed by atoms with Gasteiger partial charge >= 0.3 is 0 Å². The SMILES string of the molecule is CN(C(=O)c1ccn2cnnc2c1)c1ccc(-c2ccccc2)nn1. The summed E-state index contributed by atoms with van der Waals surface area (Å²) in [5, 5.41) is 16.2. The normalized spacial score (nSPS) is 10.8. The van der Waals surface area contributed by atoms with E-state index in [1.54, 1.807) is 42.2 Å². The minimum absolute atomic E-state index is 0.188. The zero-order valence-corrected chi connectivity index (χ0v) is 13.4. The fourth-order valence-electron chi connectivity index (χ4n) is 2.52. The third-order valence-electron chi connectivity index (χ3n) is 3.92. The summed E-state index contributed by atoms with van der Waals surface area (Å²) in [5.41, 5.74) is 2.87. The Morgan fingerprint density at radius 2 is 1.84 bits per heavy atom. The first-order valence-corrected chi connectivity index (χ1v) is 7.69. The maximum absolute atomic E-state index is 12.7. The molecule has 4 rings (SSSR count). The Hall–Kier alpha value is -3.61. The topological polar surface area (TPSA) is 76.3 Å². The number of hydrogen-bond acceptors (Lipinski definition) is 5. The van der Waals surface area contributed by atoms with E-state index in [4.69, 9.17) is 0 Å². The second-order valence-electron chi connectivity index (χ2n) is 5.52. The van der Waals surface area contributed by atoms with Crippen LogP contribution in [0.2, 0.25) is 0 Å². The molecule has 0 aliphatic rings. The van der Waals surface area contributed by atoms with E-state index < -0.39 is 0 Å². The van der Waals surface area contributed by atoms with Crippen LogP contribution in [0.5, 0.6) is 0 Å². The van der Waals surface area contributed by atoms with Gasteiger partial charge in [-0.15, -0.1) is 20.4 Å². The number of carbonyl (C=O) groups is 1. The van der Waals surface area contributed by atoms with E-state index in [0.29, 0.717) is 17.0 Å². The van der Waals surface area contributed by atoms with Crippen LogP contribution in [0.3, 0.4) is 0 Å². The maximum Gasteiger partial charge on any atom is 0.259 e. The van der Waals surface area contributed by atoms with Crippen molar-refractivity contribution in [1.82, 2.24) is 24.8 Å². The minimum Gasteiger partial charge on any atom is -0.294 e. The first kappa shape index (κ1) is 14.9. The van der Waals surface area contributed by atoms with E-state index in [9.17, 15) is 4.79 Å². The number of hydrogen-bond donors (Lipinski definition) is 0. The molecule has 0 radical (unpaired) electrons. The first-order chi connectivity index (χ1) is 12.2. The standard InChI is InChI=1S/C18H14N6O/c1-23(18(25)14-9-10-24-12-19-21-17(24)11-14)16-8-7-15(20-22-16)13-5-3-2-4-6-13/h2-12H,1H3. The number of amides is 1. The highest BCUT2D eigenvalue weighted by Gasteiger charge is 2.16. The molecule has 4 aromatic rings.